The number of nitrogen functional groups attached to an aromatic ring is 1. The van der Waals surface area contributed by atoms with Gasteiger partial charge in [-0.25, -0.2) is 14.8 Å². The molecule has 0 radical (unpaired) electrons. The Balaban J connectivity index is 2.39. The summed E-state index contributed by atoms with van der Waals surface area (Å²) in [6, 6.07) is 3.60. The van der Waals surface area contributed by atoms with Gasteiger partial charge in [0.25, 0.3) is 0 Å². The van der Waals surface area contributed by atoms with Crippen LogP contribution in [-0.4, -0.2) is 27.5 Å². The van der Waals surface area contributed by atoms with Crippen LogP contribution >= 0.6 is 15.9 Å². The van der Waals surface area contributed by atoms with Gasteiger partial charge in [-0.05, 0) is 35.0 Å². The van der Waals surface area contributed by atoms with Gasteiger partial charge in [0.15, 0.2) is 5.82 Å². The quantitative estimate of drug-likeness (QED) is 0.870. The summed E-state index contributed by atoms with van der Waals surface area (Å²) in [4.78, 5) is 23.9. The molecule has 2 aromatic rings. The third-order valence-corrected chi connectivity index (χ3v) is 2.92. The average Bonchev–Trinajstić information content (AvgIpc) is 2.39. The lowest BCUT2D eigenvalue weighted by Crippen LogP contribution is -2.11. The van der Waals surface area contributed by atoms with Crippen molar-refractivity contribution in [1.29, 1.82) is 0 Å². The molecule has 0 saturated heterocycles. The minimum absolute atomic E-state index is 0.0704. The van der Waals surface area contributed by atoms with Crippen LogP contribution in [0.2, 0.25) is 0 Å². The number of hydrogen-bond acceptors (Lipinski definition) is 6. The van der Waals surface area contributed by atoms with Gasteiger partial charge < -0.3 is 10.5 Å². The number of hydrogen-bond donors (Lipinski definition) is 1. The number of carbonyl (C=O) groups excluding carboxylic acids is 1. The molecule has 0 spiro atoms. The summed E-state index contributed by atoms with van der Waals surface area (Å²) < 4.78 is 5.60. The monoisotopic (exact) mass is 322 g/mol. The van der Waals surface area contributed by atoms with Crippen molar-refractivity contribution in [3.8, 4) is 11.5 Å². The van der Waals surface area contributed by atoms with Gasteiger partial charge in [0.2, 0.25) is 0 Å². The Morgan fingerprint density at radius 1 is 1.47 bits per heavy atom. The van der Waals surface area contributed by atoms with E-state index in [1.54, 1.807) is 19.2 Å². The van der Waals surface area contributed by atoms with E-state index in [-0.39, 0.29) is 18.0 Å². The van der Waals surface area contributed by atoms with Crippen molar-refractivity contribution in [2.75, 3.05) is 12.3 Å². The van der Waals surface area contributed by atoms with Crippen molar-refractivity contribution in [3.05, 3.63) is 34.6 Å². The number of carbonyl (C=O) groups is 1. The molecular weight excluding hydrogens is 312 g/mol. The van der Waals surface area contributed by atoms with Crippen molar-refractivity contribution >= 4 is 27.7 Å². The highest BCUT2D eigenvalue weighted by Crippen LogP contribution is 2.23. The van der Waals surface area contributed by atoms with Crippen LogP contribution in [0.3, 0.4) is 0 Å². The minimum atomic E-state index is -0.536. The van der Waals surface area contributed by atoms with E-state index in [0.717, 1.165) is 4.47 Å². The van der Waals surface area contributed by atoms with E-state index in [1.165, 1.54) is 6.20 Å². The molecule has 0 aliphatic carbocycles. The molecule has 0 aliphatic rings. The maximum Gasteiger partial charge on any atom is 0.343 e. The minimum Gasteiger partial charge on any atom is -0.462 e. The molecule has 2 aromatic heterocycles. The number of ether oxygens (including phenoxy) is 1. The number of pyridine rings is 1. The van der Waals surface area contributed by atoms with Crippen LogP contribution < -0.4 is 5.73 Å². The molecule has 2 rings (SSSR count). The van der Waals surface area contributed by atoms with Crippen LogP contribution in [-0.2, 0) is 4.74 Å². The van der Waals surface area contributed by atoms with E-state index in [0.29, 0.717) is 11.5 Å². The molecule has 7 heteroatoms. The predicted octanol–water partition coefficient (Wildman–Crippen LogP) is 2.06. The number of halogens is 1. The molecule has 0 aliphatic heterocycles. The maximum absolute atomic E-state index is 11.6. The zero-order valence-corrected chi connectivity index (χ0v) is 11.7. The van der Waals surface area contributed by atoms with Crippen molar-refractivity contribution < 1.29 is 9.53 Å². The van der Waals surface area contributed by atoms with Crippen molar-refractivity contribution in [1.82, 2.24) is 15.0 Å². The standard InChI is InChI=1S/C12H11BrN4O2/c1-2-19-12(18)7-6-16-11(17-10(7)14)9-8(13)4-3-5-15-9/h3-6H,2H2,1H3,(H2,14,16,17). The lowest BCUT2D eigenvalue weighted by molar-refractivity contribution is 0.0527. The van der Waals surface area contributed by atoms with E-state index < -0.39 is 5.97 Å². The van der Waals surface area contributed by atoms with Gasteiger partial charge in [0.05, 0.1) is 6.61 Å². The molecular formula is C12H11BrN4O2. The lowest BCUT2D eigenvalue weighted by atomic mass is 10.3. The lowest BCUT2D eigenvalue weighted by Gasteiger charge is -2.06. The molecule has 2 N–H and O–H groups in total. The summed E-state index contributed by atoms with van der Waals surface area (Å²) in [6.07, 6.45) is 2.97. The fraction of sp³-hybridized carbons (Fsp3) is 0.167. The summed E-state index contributed by atoms with van der Waals surface area (Å²) in [5, 5.41) is 0. The highest BCUT2D eigenvalue weighted by molar-refractivity contribution is 9.10. The summed E-state index contributed by atoms with van der Waals surface area (Å²) in [6.45, 7) is 1.99. The summed E-state index contributed by atoms with van der Waals surface area (Å²) in [5.74, 6) is -0.120. The second kappa shape index (κ2) is 5.75. The number of rotatable bonds is 3. The largest absolute Gasteiger partial charge is 0.462 e. The topological polar surface area (TPSA) is 91.0 Å². The average molecular weight is 323 g/mol. The van der Waals surface area contributed by atoms with Gasteiger partial charge >= 0.3 is 5.97 Å². The number of anilines is 1. The first-order valence-electron chi connectivity index (χ1n) is 5.54. The highest BCUT2D eigenvalue weighted by atomic mass is 79.9. The Morgan fingerprint density at radius 3 is 2.89 bits per heavy atom. The van der Waals surface area contributed by atoms with Gasteiger partial charge in [-0.3, -0.25) is 4.98 Å². The Bertz CT molecular complexity index is 618. The fourth-order valence-corrected chi connectivity index (χ4v) is 1.86. The highest BCUT2D eigenvalue weighted by Gasteiger charge is 2.15. The van der Waals surface area contributed by atoms with Crippen LogP contribution in [0.5, 0.6) is 0 Å². The summed E-state index contributed by atoms with van der Waals surface area (Å²) in [7, 11) is 0. The predicted molar refractivity (Wildman–Crippen MR) is 73.3 cm³/mol. The number of esters is 1. The molecule has 0 fully saturated rings. The first kappa shape index (κ1) is 13.4. The van der Waals surface area contributed by atoms with E-state index in [4.69, 9.17) is 10.5 Å². The summed E-state index contributed by atoms with van der Waals surface area (Å²) >= 11 is 3.35. The van der Waals surface area contributed by atoms with Gasteiger partial charge in [-0.2, -0.15) is 0 Å². The van der Waals surface area contributed by atoms with E-state index in [2.05, 4.69) is 30.9 Å². The van der Waals surface area contributed by atoms with Gasteiger partial charge in [-0.1, -0.05) is 0 Å². The Kier molecular flexibility index (Phi) is 4.06. The zero-order valence-electron chi connectivity index (χ0n) is 10.1. The Labute approximate surface area is 118 Å². The number of nitrogens with two attached hydrogens (primary N) is 1. The van der Waals surface area contributed by atoms with Gasteiger partial charge in [0, 0.05) is 16.9 Å². The Hall–Kier alpha value is -2.02. The molecule has 2 heterocycles. The van der Waals surface area contributed by atoms with Crippen LogP contribution in [0.25, 0.3) is 11.5 Å². The van der Waals surface area contributed by atoms with E-state index in [1.807, 2.05) is 6.07 Å². The second-order valence-corrected chi connectivity index (χ2v) is 4.40. The molecule has 0 amide bonds. The number of nitrogens with zero attached hydrogens (tertiary/aromatic N) is 3. The fourth-order valence-electron chi connectivity index (χ4n) is 1.43. The second-order valence-electron chi connectivity index (χ2n) is 3.55. The van der Waals surface area contributed by atoms with Gasteiger partial charge in [-0.15, -0.1) is 0 Å². The van der Waals surface area contributed by atoms with Crippen LogP contribution in [0.4, 0.5) is 5.82 Å². The van der Waals surface area contributed by atoms with E-state index in [9.17, 15) is 4.79 Å². The van der Waals surface area contributed by atoms with Crippen molar-refractivity contribution in [2.24, 2.45) is 0 Å². The first-order chi connectivity index (χ1) is 9.13. The smallest absolute Gasteiger partial charge is 0.343 e. The van der Waals surface area contributed by atoms with Gasteiger partial charge in [0.1, 0.15) is 17.1 Å². The van der Waals surface area contributed by atoms with Crippen LogP contribution in [0.1, 0.15) is 17.3 Å². The first-order valence-corrected chi connectivity index (χ1v) is 6.33. The van der Waals surface area contributed by atoms with Crippen LogP contribution in [0, 0.1) is 0 Å². The zero-order chi connectivity index (χ0) is 13.8. The summed E-state index contributed by atoms with van der Waals surface area (Å²) in [5.41, 5.74) is 6.46. The molecule has 98 valence electrons. The SMILES string of the molecule is CCOC(=O)c1cnc(-c2ncccc2Br)nc1N. The number of aromatic nitrogens is 3. The molecule has 19 heavy (non-hydrogen) atoms. The third-order valence-electron chi connectivity index (χ3n) is 2.28. The molecule has 0 saturated carbocycles. The molecule has 0 aromatic carbocycles. The van der Waals surface area contributed by atoms with Crippen LogP contribution in [0.15, 0.2) is 29.0 Å². The maximum atomic E-state index is 11.6. The Morgan fingerprint density at radius 2 is 2.26 bits per heavy atom. The van der Waals surface area contributed by atoms with Crippen molar-refractivity contribution in [2.45, 2.75) is 6.92 Å². The molecule has 0 unspecified atom stereocenters. The normalized spacial score (nSPS) is 10.2. The van der Waals surface area contributed by atoms with E-state index >= 15 is 0 Å². The molecule has 0 atom stereocenters. The van der Waals surface area contributed by atoms with Crippen molar-refractivity contribution in [3.63, 3.8) is 0 Å². The third kappa shape index (κ3) is 2.87. The molecule has 0 bridgehead atoms. The molecule has 6 nitrogen and oxygen atoms in total.